The summed E-state index contributed by atoms with van der Waals surface area (Å²) in [4.78, 5) is 4.36. The number of nitrogens with zero attached hydrogens (tertiary/aromatic N) is 1. The lowest BCUT2D eigenvalue weighted by Crippen LogP contribution is -1.92. The molecule has 0 saturated carbocycles. The van der Waals surface area contributed by atoms with Crippen molar-refractivity contribution in [1.29, 1.82) is 0 Å². The number of rotatable bonds is 3. The minimum atomic E-state index is 0.576. The third-order valence-corrected chi connectivity index (χ3v) is 3.79. The Morgan fingerprint density at radius 3 is 2.71 bits per heavy atom. The number of pyridine rings is 1. The molecule has 0 atom stereocenters. The van der Waals surface area contributed by atoms with E-state index in [9.17, 15) is 0 Å². The second-order valence-corrected chi connectivity index (χ2v) is 5.63. The molecule has 4 heteroatoms. The molecule has 0 amide bonds. The van der Waals surface area contributed by atoms with Gasteiger partial charge in [0.1, 0.15) is 11.5 Å². The van der Waals surface area contributed by atoms with Gasteiger partial charge in [-0.25, -0.2) is 4.98 Å². The number of fused-ring (bicyclic) bond motifs is 1. The summed E-state index contributed by atoms with van der Waals surface area (Å²) in [7, 11) is 1.65. The maximum Gasteiger partial charge on any atom is 0.227 e. The van der Waals surface area contributed by atoms with Crippen molar-refractivity contribution in [3.05, 3.63) is 58.7 Å². The lowest BCUT2D eigenvalue weighted by Gasteiger charge is -2.11. The Balaban J connectivity index is 2.09. The standard InChI is InChI=1S/C17H14BrNO2/c1-11-3-5-13(18)9-16(11)21-17-15-10-14(20-2)6-4-12(15)7-8-19-17/h3-10H,1-2H3. The lowest BCUT2D eigenvalue weighted by atomic mass is 10.1. The summed E-state index contributed by atoms with van der Waals surface area (Å²) in [6.45, 7) is 2.01. The largest absolute Gasteiger partial charge is 0.497 e. The molecule has 0 aliphatic heterocycles. The molecule has 1 aromatic heterocycles. The topological polar surface area (TPSA) is 31.4 Å². The van der Waals surface area contributed by atoms with Crippen LogP contribution in [0.3, 0.4) is 0 Å². The fourth-order valence-electron chi connectivity index (χ4n) is 2.12. The van der Waals surface area contributed by atoms with E-state index in [-0.39, 0.29) is 0 Å². The van der Waals surface area contributed by atoms with Crippen molar-refractivity contribution in [3.8, 4) is 17.4 Å². The Kier molecular flexibility index (Phi) is 3.80. The summed E-state index contributed by atoms with van der Waals surface area (Å²) in [6, 6.07) is 13.7. The highest BCUT2D eigenvalue weighted by Crippen LogP contribution is 2.32. The fraction of sp³-hybridized carbons (Fsp3) is 0.118. The number of benzene rings is 2. The van der Waals surface area contributed by atoms with E-state index >= 15 is 0 Å². The van der Waals surface area contributed by atoms with Crippen molar-refractivity contribution < 1.29 is 9.47 Å². The van der Waals surface area contributed by atoms with E-state index in [1.54, 1.807) is 13.3 Å². The van der Waals surface area contributed by atoms with Gasteiger partial charge in [-0.15, -0.1) is 0 Å². The van der Waals surface area contributed by atoms with Gasteiger partial charge in [0.15, 0.2) is 0 Å². The summed E-state index contributed by atoms with van der Waals surface area (Å²) in [5.74, 6) is 2.14. The molecule has 106 valence electrons. The molecule has 3 nitrogen and oxygen atoms in total. The van der Waals surface area contributed by atoms with Crippen LogP contribution < -0.4 is 9.47 Å². The van der Waals surface area contributed by atoms with Crippen LogP contribution in [-0.2, 0) is 0 Å². The van der Waals surface area contributed by atoms with Gasteiger partial charge in [-0.3, -0.25) is 0 Å². The van der Waals surface area contributed by atoms with E-state index in [0.29, 0.717) is 5.88 Å². The maximum absolute atomic E-state index is 6.01. The number of hydrogen-bond acceptors (Lipinski definition) is 3. The summed E-state index contributed by atoms with van der Waals surface area (Å²) < 4.78 is 12.3. The van der Waals surface area contributed by atoms with Crippen molar-refractivity contribution in [2.45, 2.75) is 6.92 Å². The summed E-state index contributed by atoms with van der Waals surface area (Å²) in [6.07, 6.45) is 1.75. The maximum atomic E-state index is 6.01. The lowest BCUT2D eigenvalue weighted by molar-refractivity contribution is 0.415. The first-order valence-corrected chi connectivity index (χ1v) is 7.33. The van der Waals surface area contributed by atoms with E-state index in [4.69, 9.17) is 9.47 Å². The number of halogens is 1. The predicted octanol–water partition coefficient (Wildman–Crippen LogP) is 5.11. The van der Waals surface area contributed by atoms with E-state index in [2.05, 4.69) is 20.9 Å². The Morgan fingerprint density at radius 2 is 1.90 bits per heavy atom. The van der Waals surface area contributed by atoms with Gasteiger partial charge >= 0.3 is 0 Å². The molecule has 3 rings (SSSR count). The number of methoxy groups -OCH3 is 1. The van der Waals surface area contributed by atoms with Crippen LogP contribution in [0.25, 0.3) is 10.8 Å². The molecule has 0 N–H and O–H groups in total. The van der Waals surface area contributed by atoms with Gasteiger partial charge in [0, 0.05) is 16.1 Å². The monoisotopic (exact) mass is 343 g/mol. The molecule has 0 aliphatic rings. The van der Waals surface area contributed by atoms with Gasteiger partial charge in [-0.2, -0.15) is 0 Å². The van der Waals surface area contributed by atoms with Crippen LogP contribution in [0.15, 0.2) is 53.1 Å². The first kappa shape index (κ1) is 13.9. The second-order valence-electron chi connectivity index (χ2n) is 4.72. The average molecular weight is 344 g/mol. The van der Waals surface area contributed by atoms with Crippen LogP contribution in [0.1, 0.15) is 5.56 Å². The Labute approximate surface area is 131 Å². The molecule has 0 spiro atoms. The third kappa shape index (κ3) is 2.85. The SMILES string of the molecule is COc1ccc2ccnc(Oc3cc(Br)ccc3C)c2c1. The molecule has 2 aromatic carbocycles. The van der Waals surface area contributed by atoms with Crippen molar-refractivity contribution in [3.63, 3.8) is 0 Å². The molecule has 0 saturated heterocycles. The van der Waals surface area contributed by atoms with Crippen LogP contribution in [0.5, 0.6) is 17.4 Å². The summed E-state index contributed by atoms with van der Waals surface area (Å²) >= 11 is 3.46. The molecule has 21 heavy (non-hydrogen) atoms. The van der Waals surface area contributed by atoms with E-state index in [1.807, 2.05) is 49.4 Å². The van der Waals surface area contributed by atoms with E-state index in [1.165, 1.54) is 0 Å². The molecule has 0 radical (unpaired) electrons. The van der Waals surface area contributed by atoms with E-state index in [0.717, 1.165) is 32.3 Å². The zero-order valence-corrected chi connectivity index (χ0v) is 13.3. The van der Waals surface area contributed by atoms with Crippen LogP contribution >= 0.6 is 15.9 Å². The first-order chi connectivity index (χ1) is 10.2. The minimum Gasteiger partial charge on any atom is -0.497 e. The van der Waals surface area contributed by atoms with E-state index < -0.39 is 0 Å². The quantitative estimate of drug-likeness (QED) is 0.662. The number of ether oxygens (including phenoxy) is 2. The van der Waals surface area contributed by atoms with Crippen molar-refractivity contribution >= 4 is 26.7 Å². The fourth-order valence-corrected chi connectivity index (χ4v) is 2.46. The van der Waals surface area contributed by atoms with Gasteiger partial charge in [0.2, 0.25) is 5.88 Å². The number of aromatic nitrogens is 1. The van der Waals surface area contributed by atoms with Gasteiger partial charge in [-0.05, 0) is 48.2 Å². The van der Waals surface area contributed by atoms with Gasteiger partial charge in [0.05, 0.1) is 7.11 Å². The van der Waals surface area contributed by atoms with Gasteiger partial charge in [-0.1, -0.05) is 28.1 Å². The highest BCUT2D eigenvalue weighted by atomic mass is 79.9. The zero-order chi connectivity index (χ0) is 14.8. The molecule has 1 heterocycles. The Hall–Kier alpha value is -2.07. The predicted molar refractivity (Wildman–Crippen MR) is 87.2 cm³/mol. The molecular formula is C17H14BrNO2. The second kappa shape index (κ2) is 5.74. The first-order valence-electron chi connectivity index (χ1n) is 6.54. The smallest absolute Gasteiger partial charge is 0.227 e. The molecule has 0 unspecified atom stereocenters. The van der Waals surface area contributed by atoms with Crippen molar-refractivity contribution in [1.82, 2.24) is 4.98 Å². The Morgan fingerprint density at radius 1 is 1.05 bits per heavy atom. The zero-order valence-electron chi connectivity index (χ0n) is 11.8. The van der Waals surface area contributed by atoms with Gasteiger partial charge < -0.3 is 9.47 Å². The molecule has 3 aromatic rings. The highest BCUT2D eigenvalue weighted by molar-refractivity contribution is 9.10. The Bertz CT molecular complexity index is 802. The number of hydrogen-bond donors (Lipinski definition) is 0. The highest BCUT2D eigenvalue weighted by Gasteiger charge is 2.08. The van der Waals surface area contributed by atoms with Crippen LogP contribution in [0, 0.1) is 6.92 Å². The van der Waals surface area contributed by atoms with Crippen molar-refractivity contribution in [2.75, 3.05) is 7.11 Å². The third-order valence-electron chi connectivity index (χ3n) is 3.29. The average Bonchev–Trinajstić information content (AvgIpc) is 2.51. The molecule has 0 bridgehead atoms. The van der Waals surface area contributed by atoms with Crippen molar-refractivity contribution in [2.24, 2.45) is 0 Å². The summed E-state index contributed by atoms with van der Waals surface area (Å²) in [5, 5.41) is 1.99. The molecule has 0 fully saturated rings. The van der Waals surface area contributed by atoms with Crippen LogP contribution in [-0.4, -0.2) is 12.1 Å². The number of aryl methyl sites for hydroxylation is 1. The van der Waals surface area contributed by atoms with Crippen LogP contribution in [0.4, 0.5) is 0 Å². The normalized spacial score (nSPS) is 10.6. The molecule has 0 aliphatic carbocycles. The van der Waals surface area contributed by atoms with Gasteiger partial charge in [0.25, 0.3) is 0 Å². The molecular weight excluding hydrogens is 330 g/mol. The summed E-state index contributed by atoms with van der Waals surface area (Å²) in [5.41, 5.74) is 1.06. The van der Waals surface area contributed by atoms with Crippen LogP contribution in [0.2, 0.25) is 0 Å². The minimum absolute atomic E-state index is 0.576.